The molecule has 8 heteroatoms. The molecule has 1 heterocycles. The molecule has 3 aliphatic rings. The average molecular weight is 414 g/mol. The lowest BCUT2D eigenvalue weighted by atomic mass is 9.77. The van der Waals surface area contributed by atoms with Gasteiger partial charge in [0.15, 0.2) is 0 Å². The number of nitrogens with zero attached hydrogens (tertiary/aromatic N) is 2. The van der Waals surface area contributed by atoms with Gasteiger partial charge in [-0.1, -0.05) is 0 Å². The molecular formula is C20H35N3O4S. The van der Waals surface area contributed by atoms with Crippen LogP contribution in [-0.4, -0.2) is 56.1 Å². The Hall–Kier alpha value is -0.990. The van der Waals surface area contributed by atoms with Gasteiger partial charge in [0, 0.05) is 32.2 Å². The lowest BCUT2D eigenvalue weighted by Gasteiger charge is -2.34. The molecule has 28 heavy (non-hydrogen) atoms. The van der Waals surface area contributed by atoms with Crippen LogP contribution in [-0.2, 0) is 19.6 Å². The highest BCUT2D eigenvalue weighted by Gasteiger charge is 2.40. The van der Waals surface area contributed by atoms with Gasteiger partial charge >= 0.3 is 0 Å². The minimum Gasteiger partial charge on any atom is -0.381 e. The smallest absolute Gasteiger partial charge is 0.239 e. The van der Waals surface area contributed by atoms with Crippen molar-refractivity contribution in [3.8, 4) is 0 Å². The number of ether oxygens (including phenoxy) is 1. The molecule has 0 spiro atoms. The molecule has 1 unspecified atom stereocenters. The van der Waals surface area contributed by atoms with E-state index < -0.39 is 10.0 Å². The predicted octanol–water partition coefficient (Wildman–Crippen LogP) is 2.67. The topological polar surface area (TPSA) is 88.1 Å². The first-order valence-electron chi connectivity index (χ1n) is 10.7. The standard InChI is InChI=1S/C20H35N3O4S/c1-4-28(25,26)22-17-9-5-15(6-10-17)19-13-20(23(21-19)14(2)24)16-7-11-18(27-3)12-8-16/h15-18,20,22H,4-13H2,1-3H3. The lowest BCUT2D eigenvalue weighted by molar-refractivity contribution is -0.131. The second-order valence-electron chi connectivity index (χ2n) is 8.57. The summed E-state index contributed by atoms with van der Waals surface area (Å²) in [4.78, 5) is 12.2. The van der Waals surface area contributed by atoms with Gasteiger partial charge in [-0.3, -0.25) is 4.79 Å². The third kappa shape index (κ3) is 5.13. The van der Waals surface area contributed by atoms with E-state index in [-0.39, 0.29) is 23.7 Å². The SMILES string of the molecule is CCS(=O)(=O)NC1CCC(C2=NN(C(C)=O)C(C3CCC(OC)CC3)C2)CC1. The van der Waals surface area contributed by atoms with E-state index in [1.54, 1.807) is 26.0 Å². The molecule has 1 aliphatic heterocycles. The minimum absolute atomic E-state index is 0.0262. The number of hydrogen-bond acceptors (Lipinski definition) is 5. The summed E-state index contributed by atoms with van der Waals surface area (Å²) in [5.41, 5.74) is 1.14. The summed E-state index contributed by atoms with van der Waals surface area (Å²) in [6.07, 6.45) is 9.06. The zero-order valence-electron chi connectivity index (χ0n) is 17.4. The molecule has 0 saturated heterocycles. The Morgan fingerprint density at radius 1 is 1.14 bits per heavy atom. The number of methoxy groups -OCH3 is 1. The van der Waals surface area contributed by atoms with Gasteiger partial charge in [-0.2, -0.15) is 5.10 Å². The van der Waals surface area contributed by atoms with E-state index in [1.165, 1.54) is 0 Å². The van der Waals surface area contributed by atoms with Crippen molar-refractivity contribution in [3.63, 3.8) is 0 Å². The molecule has 1 N–H and O–H groups in total. The van der Waals surface area contributed by atoms with Crippen molar-refractivity contribution < 1.29 is 17.9 Å². The van der Waals surface area contributed by atoms with Crippen LogP contribution in [0.3, 0.4) is 0 Å². The second kappa shape index (κ2) is 9.22. The Kier molecular flexibility index (Phi) is 7.15. The van der Waals surface area contributed by atoms with Gasteiger partial charge in [-0.25, -0.2) is 18.1 Å². The van der Waals surface area contributed by atoms with Crippen LogP contribution in [0, 0.1) is 11.8 Å². The van der Waals surface area contributed by atoms with E-state index in [2.05, 4.69) is 4.72 Å². The number of sulfonamides is 1. The number of carbonyl (C=O) groups excluding carboxylic acids is 1. The Bertz CT molecular complexity index is 678. The molecule has 2 fully saturated rings. The maximum atomic E-state index is 12.2. The molecular weight excluding hydrogens is 378 g/mol. The summed E-state index contributed by atoms with van der Waals surface area (Å²) >= 11 is 0. The van der Waals surface area contributed by atoms with E-state index in [0.717, 1.165) is 63.5 Å². The highest BCUT2D eigenvalue weighted by atomic mass is 32.2. The first kappa shape index (κ1) is 21.7. The number of carbonyl (C=O) groups is 1. The molecule has 1 atom stereocenters. The summed E-state index contributed by atoms with van der Waals surface area (Å²) in [6, 6.07) is 0.217. The molecule has 0 radical (unpaired) electrons. The van der Waals surface area contributed by atoms with Gasteiger partial charge in [0.25, 0.3) is 0 Å². The molecule has 0 bridgehead atoms. The number of nitrogens with one attached hydrogen (secondary N) is 1. The lowest BCUT2D eigenvalue weighted by Crippen LogP contribution is -2.40. The van der Waals surface area contributed by atoms with Crippen molar-refractivity contribution in [2.45, 2.75) is 89.8 Å². The molecule has 0 aromatic rings. The van der Waals surface area contributed by atoms with Crippen molar-refractivity contribution in [2.75, 3.05) is 12.9 Å². The zero-order chi connectivity index (χ0) is 20.3. The summed E-state index contributed by atoms with van der Waals surface area (Å²) < 4.78 is 31.9. The normalized spacial score (nSPS) is 34.3. The first-order valence-corrected chi connectivity index (χ1v) is 12.4. The monoisotopic (exact) mass is 413 g/mol. The largest absolute Gasteiger partial charge is 0.381 e. The first-order chi connectivity index (χ1) is 13.3. The van der Waals surface area contributed by atoms with Crippen LogP contribution < -0.4 is 4.72 Å². The maximum Gasteiger partial charge on any atom is 0.239 e. The van der Waals surface area contributed by atoms with Crippen molar-refractivity contribution in [3.05, 3.63) is 0 Å². The molecule has 2 saturated carbocycles. The number of hydrazone groups is 1. The predicted molar refractivity (Wildman–Crippen MR) is 109 cm³/mol. The Balaban J connectivity index is 1.58. The second-order valence-corrected chi connectivity index (χ2v) is 10.6. The zero-order valence-corrected chi connectivity index (χ0v) is 18.2. The van der Waals surface area contributed by atoms with E-state index >= 15 is 0 Å². The third-order valence-corrected chi connectivity index (χ3v) is 8.26. The van der Waals surface area contributed by atoms with E-state index in [4.69, 9.17) is 9.84 Å². The Labute approximate surface area is 169 Å². The molecule has 2 aliphatic carbocycles. The van der Waals surface area contributed by atoms with Gasteiger partial charge < -0.3 is 4.74 Å². The van der Waals surface area contributed by atoms with Gasteiger partial charge in [-0.05, 0) is 70.1 Å². The van der Waals surface area contributed by atoms with E-state index in [1.807, 2.05) is 0 Å². The molecule has 1 amide bonds. The van der Waals surface area contributed by atoms with Gasteiger partial charge in [-0.15, -0.1) is 0 Å². The fraction of sp³-hybridized carbons (Fsp3) is 0.900. The summed E-state index contributed by atoms with van der Waals surface area (Å²) in [5, 5.41) is 6.49. The van der Waals surface area contributed by atoms with Crippen LogP contribution in [0.1, 0.15) is 71.6 Å². The van der Waals surface area contributed by atoms with Gasteiger partial charge in [0.1, 0.15) is 0 Å². The van der Waals surface area contributed by atoms with E-state index in [9.17, 15) is 13.2 Å². The summed E-state index contributed by atoms with van der Waals surface area (Å²) in [5.74, 6) is 1.01. The van der Waals surface area contributed by atoms with Crippen LogP contribution >= 0.6 is 0 Å². The summed E-state index contributed by atoms with van der Waals surface area (Å²) in [6.45, 7) is 3.27. The summed E-state index contributed by atoms with van der Waals surface area (Å²) in [7, 11) is -1.37. The fourth-order valence-corrected chi connectivity index (χ4v) is 5.97. The van der Waals surface area contributed by atoms with Gasteiger partial charge in [0.05, 0.1) is 17.9 Å². The number of amides is 1. The maximum absolute atomic E-state index is 12.2. The Morgan fingerprint density at radius 3 is 2.32 bits per heavy atom. The Morgan fingerprint density at radius 2 is 1.79 bits per heavy atom. The molecule has 160 valence electrons. The van der Waals surface area contributed by atoms with Crippen LogP contribution in [0.4, 0.5) is 0 Å². The fourth-order valence-electron chi connectivity index (χ4n) is 5.06. The third-order valence-electron chi connectivity index (χ3n) is 6.81. The van der Waals surface area contributed by atoms with E-state index in [0.29, 0.717) is 17.9 Å². The van der Waals surface area contributed by atoms with Crippen LogP contribution in [0.15, 0.2) is 5.10 Å². The van der Waals surface area contributed by atoms with Crippen molar-refractivity contribution >= 4 is 21.6 Å². The average Bonchev–Trinajstić information content (AvgIpc) is 3.14. The van der Waals surface area contributed by atoms with Crippen molar-refractivity contribution in [1.82, 2.24) is 9.73 Å². The number of rotatable bonds is 6. The minimum atomic E-state index is -3.15. The van der Waals surface area contributed by atoms with Crippen LogP contribution in [0.2, 0.25) is 0 Å². The molecule has 3 rings (SSSR count). The van der Waals surface area contributed by atoms with Crippen molar-refractivity contribution in [2.24, 2.45) is 16.9 Å². The highest BCUT2D eigenvalue weighted by Crippen LogP contribution is 2.38. The molecule has 0 aromatic heterocycles. The molecule has 7 nitrogen and oxygen atoms in total. The van der Waals surface area contributed by atoms with Crippen molar-refractivity contribution in [1.29, 1.82) is 0 Å². The quantitative estimate of drug-likeness (QED) is 0.725. The van der Waals surface area contributed by atoms with Gasteiger partial charge in [0.2, 0.25) is 15.9 Å². The van der Waals surface area contributed by atoms with Crippen LogP contribution in [0.5, 0.6) is 0 Å². The number of hydrogen-bond donors (Lipinski definition) is 1. The molecule has 0 aromatic carbocycles. The highest BCUT2D eigenvalue weighted by molar-refractivity contribution is 7.89. The van der Waals surface area contributed by atoms with Crippen LogP contribution in [0.25, 0.3) is 0 Å².